The van der Waals surface area contributed by atoms with E-state index in [1.54, 1.807) is 6.92 Å². The van der Waals surface area contributed by atoms with Crippen molar-refractivity contribution >= 4 is 5.84 Å². The largest absolute Gasteiger partial charge is 0.409 e. The third kappa shape index (κ3) is 3.52. The molecule has 1 aromatic rings. The van der Waals surface area contributed by atoms with Gasteiger partial charge in [0.1, 0.15) is 0 Å². The van der Waals surface area contributed by atoms with Gasteiger partial charge in [0.15, 0.2) is 5.84 Å². The molecular formula is C11H17N3O2. The van der Waals surface area contributed by atoms with E-state index < -0.39 is 6.10 Å². The number of aliphatic hydroxyl groups is 1. The van der Waals surface area contributed by atoms with E-state index >= 15 is 0 Å². The van der Waals surface area contributed by atoms with Crippen LogP contribution in [0.4, 0.5) is 0 Å². The van der Waals surface area contributed by atoms with Crippen LogP contribution in [-0.4, -0.2) is 28.7 Å². The Morgan fingerprint density at radius 3 is 2.62 bits per heavy atom. The summed E-state index contributed by atoms with van der Waals surface area (Å²) in [7, 11) is 0. The average molecular weight is 223 g/mol. The molecule has 1 rings (SSSR count). The second-order valence-corrected chi connectivity index (χ2v) is 3.58. The number of nitrogens with one attached hydrogen (secondary N) is 1. The molecule has 5 nitrogen and oxygen atoms in total. The molecule has 0 saturated carbocycles. The minimum Gasteiger partial charge on any atom is -0.409 e. The highest BCUT2D eigenvalue weighted by atomic mass is 16.4. The van der Waals surface area contributed by atoms with Crippen LogP contribution in [0, 0.1) is 0 Å². The zero-order valence-electron chi connectivity index (χ0n) is 9.17. The van der Waals surface area contributed by atoms with Crippen molar-refractivity contribution in [2.45, 2.75) is 19.1 Å². The summed E-state index contributed by atoms with van der Waals surface area (Å²) in [5.41, 5.74) is 6.23. The highest BCUT2D eigenvalue weighted by Crippen LogP contribution is 2.10. The van der Waals surface area contributed by atoms with Gasteiger partial charge >= 0.3 is 0 Å². The second kappa shape index (κ2) is 6.09. The zero-order valence-corrected chi connectivity index (χ0v) is 9.17. The van der Waals surface area contributed by atoms with E-state index in [1.807, 2.05) is 30.3 Å². The lowest BCUT2D eigenvalue weighted by Crippen LogP contribution is -2.40. The Kier molecular flexibility index (Phi) is 4.75. The first-order valence-electron chi connectivity index (χ1n) is 5.09. The second-order valence-electron chi connectivity index (χ2n) is 3.58. The fourth-order valence-electron chi connectivity index (χ4n) is 1.27. The highest BCUT2D eigenvalue weighted by molar-refractivity contribution is 5.84. The lowest BCUT2D eigenvalue weighted by molar-refractivity contribution is 0.173. The quantitative estimate of drug-likeness (QED) is 0.252. The van der Waals surface area contributed by atoms with E-state index in [0.29, 0.717) is 6.54 Å². The molecule has 2 unspecified atom stereocenters. The Labute approximate surface area is 94.6 Å². The van der Waals surface area contributed by atoms with Crippen LogP contribution in [0.1, 0.15) is 18.6 Å². The number of oxime groups is 1. The topological polar surface area (TPSA) is 90.9 Å². The van der Waals surface area contributed by atoms with Crippen molar-refractivity contribution < 1.29 is 10.3 Å². The van der Waals surface area contributed by atoms with Crippen LogP contribution < -0.4 is 11.1 Å². The normalized spacial score (nSPS) is 15.8. The fourth-order valence-corrected chi connectivity index (χ4v) is 1.27. The summed E-state index contributed by atoms with van der Waals surface area (Å²) in [6.07, 6.45) is -0.602. The Balaban J connectivity index is 2.45. The van der Waals surface area contributed by atoms with Gasteiger partial charge in [0.25, 0.3) is 0 Å². The summed E-state index contributed by atoms with van der Waals surface area (Å²) in [6.45, 7) is 2.11. The number of nitrogens with two attached hydrogens (primary N) is 1. The third-order valence-corrected chi connectivity index (χ3v) is 2.36. The van der Waals surface area contributed by atoms with Gasteiger partial charge in [-0.1, -0.05) is 35.5 Å². The first-order chi connectivity index (χ1) is 7.65. The molecule has 0 amide bonds. The van der Waals surface area contributed by atoms with E-state index in [0.717, 1.165) is 5.56 Å². The summed E-state index contributed by atoms with van der Waals surface area (Å²) < 4.78 is 0. The molecule has 0 fully saturated rings. The Morgan fingerprint density at radius 1 is 1.44 bits per heavy atom. The van der Waals surface area contributed by atoms with Crippen molar-refractivity contribution in [3.05, 3.63) is 35.9 Å². The summed E-state index contributed by atoms with van der Waals surface area (Å²) in [5, 5.41) is 24.1. The van der Waals surface area contributed by atoms with E-state index in [9.17, 15) is 5.11 Å². The first kappa shape index (κ1) is 12.5. The number of hydrogen-bond acceptors (Lipinski definition) is 4. The summed E-state index contributed by atoms with van der Waals surface area (Å²) >= 11 is 0. The van der Waals surface area contributed by atoms with Crippen LogP contribution in [0.15, 0.2) is 35.5 Å². The van der Waals surface area contributed by atoms with Crippen molar-refractivity contribution in [3.63, 3.8) is 0 Å². The number of hydrogen-bond donors (Lipinski definition) is 4. The molecule has 5 heteroatoms. The lowest BCUT2D eigenvalue weighted by atomic mass is 10.1. The number of benzene rings is 1. The average Bonchev–Trinajstić information content (AvgIpc) is 2.35. The van der Waals surface area contributed by atoms with Crippen molar-refractivity contribution in [1.82, 2.24) is 5.32 Å². The maximum atomic E-state index is 9.82. The molecule has 0 radical (unpaired) electrons. The number of aliphatic hydroxyl groups excluding tert-OH is 1. The van der Waals surface area contributed by atoms with Crippen LogP contribution in [0.3, 0.4) is 0 Å². The SMILES string of the molecule is CC(NCC(O)c1ccccc1)C(N)=NO. The Hall–Kier alpha value is -1.59. The molecule has 0 spiro atoms. The maximum Gasteiger partial charge on any atom is 0.156 e. The molecule has 0 aliphatic rings. The van der Waals surface area contributed by atoms with Gasteiger partial charge in [-0.25, -0.2) is 0 Å². The molecule has 5 N–H and O–H groups in total. The van der Waals surface area contributed by atoms with Gasteiger partial charge in [0.05, 0.1) is 12.1 Å². The number of rotatable bonds is 5. The predicted octanol–water partition coefficient (Wildman–Crippen LogP) is 0.445. The fraction of sp³-hybridized carbons (Fsp3) is 0.364. The van der Waals surface area contributed by atoms with Crippen LogP contribution in [0.25, 0.3) is 0 Å². The van der Waals surface area contributed by atoms with Crippen LogP contribution >= 0.6 is 0 Å². The van der Waals surface area contributed by atoms with E-state index in [1.165, 1.54) is 0 Å². The Morgan fingerprint density at radius 2 is 2.06 bits per heavy atom. The summed E-state index contributed by atoms with van der Waals surface area (Å²) in [5.74, 6) is 0.0975. The van der Waals surface area contributed by atoms with Crippen molar-refractivity contribution in [2.75, 3.05) is 6.54 Å². The Bertz CT molecular complexity index is 340. The summed E-state index contributed by atoms with van der Waals surface area (Å²) in [4.78, 5) is 0. The number of amidine groups is 1. The van der Waals surface area contributed by atoms with Crippen molar-refractivity contribution in [2.24, 2.45) is 10.9 Å². The van der Waals surface area contributed by atoms with Gasteiger partial charge in [0.2, 0.25) is 0 Å². The molecule has 0 saturated heterocycles. The van der Waals surface area contributed by atoms with Crippen LogP contribution in [-0.2, 0) is 0 Å². The van der Waals surface area contributed by atoms with E-state index in [2.05, 4.69) is 10.5 Å². The minimum absolute atomic E-state index is 0.0975. The standard InChI is InChI=1S/C11H17N3O2/c1-8(11(12)14-16)13-7-10(15)9-5-3-2-4-6-9/h2-6,8,10,13,15-16H,7H2,1H3,(H2,12,14). The third-order valence-electron chi connectivity index (χ3n) is 2.36. The monoisotopic (exact) mass is 223 g/mol. The maximum absolute atomic E-state index is 9.82. The van der Waals surface area contributed by atoms with Crippen molar-refractivity contribution in [3.8, 4) is 0 Å². The molecule has 0 aromatic heterocycles. The minimum atomic E-state index is -0.602. The first-order valence-corrected chi connectivity index (χ1v) is 5.09. The molecular weight excluding hydrogens is 206 g/mol. The van der Waals surface area contributed by atoms with E-state index in [4.69, 9.17) is 10.9 Å². The molecule has 0 aliphatic carbocycles. The highest BCUT2D eigenvalue weighted by Gasteiger charge is 2.11. The van der Waals surface area contributed by atoms with Crippen LogP contribution in [0.5, 0.6) is 0 Å². The molecule has 88 valence electrons. The molecule has 2 atom stereocenters. The molecule has 16 heavy (non-hydrogen) atoms. The summed E-state index contributed by atoms with van der Waals surface area (Å²) in [6, 6.07) is 9.05. The van der Waals surface area contributed by atoms with Gasteiger partial charge < -0.3 is 21.4 Å². The van der Waals surface area contributed by atoms with Gasteiger partial charge in [-0.05, 0) is 12.5 Å². The van der Waals surface area contributed by atoms with Gasteiger partial charge in [-0.2, -0.15) is 0 Å². The van der Waals surface area contributed by atoms with Gasteiger partial charge in [-0.15, -0.1) is 0 Å². The number of nitrogens with zero attached hydrogens (tertiary/aromatic N) is 1. The molecule has 1 aromatic carbocycles. The molecule has 0 heterocycles. The molecule has 0 bridgehead atoms. The van der Waals surface area contributed by atoms with Gasteiger partial charge in [0, 0.05) is 6.54 Å². The predicted molar refractivity (Wildman–Crippen MR) is 62.3 cm³/mol. The lowest BCUT2D eigenvalue weighted by Gasteiger charge is -2.16. The van der Waals surface area contributed by atoms with Crippen molar-refractivity contribution in [1.29, 1.82) is 0 Å². The van der Waals surface area contributed by atoms with Crippen LogP contribution in [0.2, 0.25) is 0 Å². The van der Waals surface area contributed by atoms with Gasteiger partial charge in [-0.3, -0.25) is 0 Å². The van der Waals surface area contributed by atoms with E-state index in [-0.39, 0.29) is 11.9 Å². The zero-order chi connectivity index (χ0) is 12.0. The smallest absolute Gasteiger partial charge is 0.156 e. The molecule has 0 aliphatic heterocycles.